The highest BCUT2D eigenvalue weighted by atomic mass is 16.3. The first kappa shape index (κ1) is 24.1. The predicted molar refractivity (Wildman–Crippen MR) is 138 cm³/mol. The molecule has 5 atom stereocenters. The van der Waals surface area contributed by atoms with E-state index in [1.807, 2.05) is 36.4 Å². The number of rotatable bonds is 7. The minimum absolute atomic E-state index is 0.0981. The minimum Gasteiger partial charge on any atom is -0.508 e. The summed E-state index contributed by atoms with van der Waals surface area (Å²) in [5.41, 5.74) is 4.68. The van der Waals surface area contributed by atoms with Crippen molar-refractivity contribution in [2.45, 2.75) is 84.1 Å². The number of ketones is 1. The number of benzene rings is 2. The molecule has 4 nitrogen and oxygen atoms in total. The van der Waals surface area contributed by atoms with Crippen LogP contribution in [-0.4, -0.2) is 16.8 Å². The van der Waals surface area contributed by atoms with E-state index in [9.17, 15) is 14.7 Å². The topological polar surface area (TPSA) is 66.4 Å². The molecule has 0 heterocycles. The molecule has 2 aromatic rings. The van der Waals surface area contributed by atoms with Crippen LogP contribution in [0.5, 0.6) is 5.75 Å². The second-order valence-corrected chi connectivity index (χ2v) is 11.4. The molecule has 0 aliphatic heterocycles. The van der Waals surface area contributed by atoms with Crippen molar-refractivity contribution in [3.8, 4) is 5.75 Å². The van der Waals surface area contributed by atoms with E-state index in [-0.39, 0.29) is 11.3 Å². The van der Waals surface area contributed by atoms with Gasteiger partial charge in [-0.3, -0.25) is 9.59 Å². The number of Topliss-reactive ketones (excluding diaryl/α,β-unsaturated/α-hetero) is 1. The van der Waals surface area contributed by atoms with E-state index in [0.29, 0.717) is 54.6 Å². The summed E-state index contributed by atoms with van der Waals surface area (Å²) >= 11 is 0. The van der Waals surface area contributed by atoms with Gasteiger partial charge >= 0.3 is 0 Å². The Morgan fingerprint density at radius 1 is 1.17 bits per heavy atom. The molecule has 0 bridgehead atoms. The first-order chi connectivity index (χ1) is 16.9. The number of amides is 1. The summed E-state index contributed by atoms with van der Waals surface area (Å²) in [4.78, 5) is 25.7. The Kier molecular flexibility index (Phi) is 6.74. The van der Waals surface area contributed by atoms with Gasteiger partial charge in [0.15, 0.2) is 0 Å². The average molecular weight is 474 g/mol. The fraction of sp³-hybridized carbons (Fsp3) is 0.548. The normalized spacial score (nSPS) is 29.3. The molecule has 0 aromatic heterocycles. The summed E-state index contributed by atoms with van der Waals surface area (Å²) in [5.74, 6) is 2.79. The van der Waals surface area contributed by atoms with Crippen LogP contribution in [0.25, 0.3) is 0 Å². The molecule has 2 aromatic carbocycles. The Balaban J connectivity index is 1.26. The predicted octanol–water partition coefficient (Wildman–Crippen LogP) is 6.09. The van der Waals surface area contributed by atoms with Crippen molar-refractivity contribution >= 4 is 11.7 Å². The van der Waals surface area contributed by atoms with Gasteiger partial charge in [-0.2, -0.15) is 0 Å². The lowest BCUT2D eigenvalue weighted by atomic mass is 9.54. The fourth-order valence-corrected chi connectivity index (χ4v) is 7.67. The number of aryl methyl sites for hydroxylation is 2. The first-order valence-corrected chi connectivity index (χ1v) is 13.6. The Hall–Kier alpha value is -2.62. The summed E-state index contributed by atoms with van der Waals surface area (Å²) in [5, 5.41) is 13.4. The molecule has 35 heavy (non-hydrogen) atoms. The third-order valence-electron chi connectivity index (χ3n) is 9.46. The molecule has 2 N–H and O–H groups in total. The Morgan fingerprint density at radius 3 is 2.74 bits per heavy atom. The SMILES string of the molecule is CCc1cc2c(cc1O)CCC1C2CC[C@]2(C)C(=O)CC(CCCC(=O)NCc3ccccc3)C12. The average Bonchev–Trinajstić information content (AvgIpc) is 3.12. The summed E-state index contributed by atoms with van der Waals surface area (Å²) in [7, 11) is 0. The summed E-state index contributed by atoms with van der Waals surface area (Å²) in [6.45, 7) is 4.90. The molecule has 3 aliphatic carbocycles. The van der Waals surface area contributed by atoms with E-state index in [1.165, 1.54) is 11.1 Å². The number of hydrogen-bond acceptors (Lipinski definition) is 3. The highest BCUT2D eigenvalue weighted by Crippen LogP contribution is 2.62. The Labute approximate surface area is 209 Å². The van der Waals surface area contributed by atoms with Crippen LogP contribution in [0.4, 0.5) is 0 Å². The number of nitrogens with one attached hydrogen (secondary N) is 1. The van der Waals surface area contributed by atoms with Gasteiger partial charge in [0, 0.05) is 24.8 Å². The van der Waals surface area contributed by atoms with Gasteiger partial charge in [0.25, 0.3) is 0 Å². The van der Waals surface area contributed by atoms with Gasteiger partial charge in [-0.15, -0.1) is 0 Å². The van der Waals surface area contributed by atoms with Crippen LogP contribution in [0.3, 0.4) is 0 Å². The standard InChI is InChI=1S/C31H39NO3/c1-3-21-16-26-22(17-27(21)33)12-13-25-24(26)14-15-31(2)28(34)18-23(30(25)31)10-7-11-29(35)32-19-20-8-5-4-6-9-20/h4-6,8-9,16-17,23-25,30,33H,3,7,10-15,18-19H2,1-2H3,(H,32,35)/t23?,24?,25?,30?,31-/m1/s1. The molecule has 2 fully saturated rings. The van der Waals surface area contributed by atoms with E-state index in [1.54, 1.807) is 0 Å². The van der Waals surface area contributed by atoms with Crippen molar-refractivity contribution in [3.05, 3.63) is 64.7 Å². The fourth-order valence-electron chi connectivity index (χ4n) is 7.67. The lowest BCUT2D eigenvalue weighted by molar-refractivity contribution is -0.129. The summed E-state index contributed by atoms with van der Waals surface area (Å²) in [6.07, 6.45) is 7.96. The van der Waals surface area contributed by atoms with Gasteiger partial charge in [-0.25, -0.2) is 0 Å². The molecule has 0 spiro atoms. The quantitative estimate of drug-likeness (QED) is 0.511. The van der Waals surface area contributed by atoms with Crippen molar-refractivity contribution in [2.75, 3.05) is 0 Å². The number of carbonyl (C=O) groups excluding carboxylic acids is 2. The van der Waals surface area contributed by atoms with Crippen molar-refractivity contribution in [2.24, 2.45) is 23.2 Å². The van der Waals surface area contributed by atoms with Gasteiger partial charge in [0.05, 0.1) is 0 Å². The first-order valence-electron chi connectivity index (χ1n) is 13.6. The van der Waals surface area contributed by atoms with E-state index >= 15 is 0 Å². The third-order valence-corrected chi connectivity index (χ3v) is 9.46. The zero-order chi connectivity index (χ0) is 24.6. The molecule has 3 aliphatic rings. The van der Waals surface area contributed by atoms with E-state index < -0.39 is 0 Å². The molecular formula is C31H39NO3. The van der Waals surface area contributed by atoms with Crippen LogP contribution in [0.15, 0.2) is 42.5 Å². The van der Waals surface area contributed by atoms with Gasteiger partial charge in [0.1, 0.15) is 11.5 Å². The monoisotopic (exact) mass is 473 g/mol. The second-order valence-electron chi connectivity index (χ2n) is 11.4. The van der Waals surface area contributed by atoms with Crippen LogP contribution in [0.2, 0.25) is 0 Å². The number of fused-ring (bicyclic) bond motifs is 5. The van der Waals surface area contributed by atoms with Crippen molar-refractivity contribution in [1.29, 1.82) is 0 Å². The zero-order valence-corrected chi connectivity index (χ0v) is 21.2. The van der Waals surface area contributed by atoms with E-state index in [2.05, 4.69) is 25.2 Å². The van der Waals surface area contributed by atoms with Crippen molar-refractivity contribution in [1.82, 2.24) is 5.32 Å². The minimum atomic E-state index is -0.205. The lowest BCUT2D eigenvalue weighted by Crippen LogP contribution is -2.44. The molecule has 1 amide bonds. The molecular weight excluding hydrogens is 434 g/mol. The van der Waals surface area contributed by atoms with Gasteiger partial charge in [-0.05, 0) is 96.9 Å². The number of carbonyl (C=O) groups is 2. The van der Waals surface area contributed by atoms with Crippen molar-refractivity contribution in [3.63, 3.8) is 0 Å². The molecule has 186 valence electrons. The lowest BCUT2D eigenvalue weighted by Gasteiger charge is -2.50. The largest absolute Gasteiger partial charge is 0.508 e. The van der Waals surface area contributed by atoms with Crippen LogP contribution in [0.1, 0.15) is 87.0 Å². The maximum atomic E-state index is 13.2. The van der Waals surface area contributed by atoms with Crippen molar-refractivity contribution < 1.29 is 14.7 Å². The maximum Gasteiger partial charge on any atom is 0.220 e. The van der Waals surface area contributed by atoms with Crippen LogP contribution >= 0.6 is 0 Å². The highest BCUT2D eigenvalue weighted by Gasteiger charge is 2.58. The smallest absolute Gasteiger partial charge is 0.220 e. The number of aromatic hydroxyl groups is 1. The summed E-state index contributed by atoms with van der Waals surface area (Å²) < 4.78 is 0. The Bertz CT molecular complexity index is 1090. The molecule has 4 heteroatoms. The number of phenols is 1. The highest BCUT2D eigenvalue weighted by molar-refractivity contribution is 5.87. The van der Waals surface area contributed by atoms with E-state index in [4.69, 9.17) is 0 Å². The second kappa shape index (κ2) is 9.79. The third kappa shape index (κ3) is 4.52. The number of phenolic OH excluding ortho intramolecular Hbond substituents is 1. The van der Waals surface area contributed by atoms with Gasteiger partial charge < -0.3 is 10.4 Å². The zero-order valence-electron chi connectivity index (χ0n) is 21.2. The Morgan fingerprint density at radius 2 is 1.97 bits per heavy atom. The molecule has 0 saturated heterocycles. The number of hydrogen-bond donors (Lipinski definition) is 2. The van der Waals surface area contributed by atoms with E-state index in [0.717, 1.165) is 56.1 Å². The van der Waals surface area contributed by atoms with Crippen LogP contribution < -0.4 is 5.32 Å². The van der Waals surface area contributed by atoms with Gasteiger partial charge in [0.2, 0.25) is 5.91 Å². The van der Waals surface area contributed by atoms with Crippen LogP contribution in [0, 0.1) is 23.2 Å². The summed E-state index contributed by atoms with van der Waals surface area (Å²) in [6, 6.07) is 14.3. The molecule has 4 unspecified atom stereocenters. The van der Waals surface area contributed by atoms with Crippen LogP contribution in [-0.2, 0) is 29.0 Å². The molecule has 0 radical (unpaired) electrons. The van der Waals surface area contributed by atoms with Gasteiger partial charge in [-0.1, -0.05) is 50.2 Å². The molecule has 2 saturated carbocycles. The molecule has 5 rings (SSSR count). The maximum absolute atomic E-state index is 13.2.